The number of aromatic nitrogens is 1. The van der Waals surface area contributed by atoms with Crippen LogP contribution in [0.3, 0.4) is 0 Å². The number of nitrogens with zero attached hydrogens (tertiary/aromatic N) is 2. The van der Waals surface area contributed by atoms with E-state index in [2.05, 4.69) is 4.98 Å². The predicted molar refractivity (Wildman–Crippen MR) is 40.5 cm³/mol. The molecule has 0 spiro atoms. The monoisotopic (exact) mass is 146 g/mol. The summed E-state index contributed by atoms with van der Waals surface area (Å²) in [7, 11) is 0. The van der Waals surface area contributed by atoms with Crippen molar-refractivity contribution in [3.8, 4) is 6.07 Å². The molecule has 0 amide bonds. The minimum Gasteiger partial charge on any atom is -0.514 e. The van der Waals surface area contributed by atoms with Gasteiger partial charge in [-0.05, 0) is 12.1 Å². The van der Waals surface area contributed by atoms with Crippen molar-refractivity contribution in [2.75, 3.05) is 0 Å². The van der Waals surface area contributed by atoms with Crippen LogP contribution in [0, 0.1) is 11.3 Å². The second-order valence-electron chi connectivity index (χ2n) is 1.87. The van der Waals surface area contributed by atoms with Crippen LogP contribution in [0.25, 0.3) is 5.57 Å². The van der Waals surface area contributed by atoms with Crippen LogP contribution >= 0.6 is 0 Å². The molecule has 0 atom stereocenters. The van der Waals surface area contributed by atoms with Gasteiger partial charge in [0.25, 0.3) is 0 Å². The zero-order valence-corrected chi connectivity index (χ0v) is 5.73. The summed E-state index contributed by atoms with van der Waals surface area (Å²) < 4.78 is 0. The molecule has 0 radical (unpaired) electrons. The summed E-state index contributed by atoms with van der Waals surface area (Å²) in [6.45, 7) is 0. The zero-order chi connectivity index (χ0) is 8.10. The van der Waals surface area contributed by atoms with Crippen LogP contribution in [0.15, 0.2) is 30.7 Å². The van der Waals surface area contributed by atoms with E-state index in [-0.39, 0.29) is 5.57 Å². The Hall–Kier alpha value is -1.82. The molecule has 1 aromatic heterocycles. The van der Waals surface area contributed by atoms with Crippen LogP contribution in [0.2, 0.25) is 0 Å². The number of rotatable bonds is 1. The number of pyridine rings is 1. The van der Waals surface area contributed by atoms with Crippen LogP contribution in [0.1, 0.15) is 5.69 Å². The molecule has 0 aliphatic heterocycles. The summed E-state index contributed by atoms with van der Waals surface area (Å²) in [5.41, 5.74) is 0.656. The second kappa shape index (κ2) is 3.37. The fraction of sp³-hybridized carbons (Fsp3) is 0. The number of hydrogen-bond donors (Lipinski definition) is 1. The fourth-order valence-electron chi connectivity index (χ4n) is 0.674. The maximum Gasteiger partial charge on any atom is 0.112 e. The molecule has 1 N–H and O–H groups in total. The number of aliphatic hydroxyl groups is 1. The van der Waals surface area contributed by atoms with Crippen LogP contribution in [-0.4, -0.2) is 10.1 Å². The maximum absolute atomic E-state index is 8.55. The molecule has 3 heteroatoms. The Morgan fingerprint density at radius 1 is 1.64 bits per heavy atom. The van der Waals surface area contributed by atoms with E-state index >= 15 is 0 Å². The number of aliphatic hydroxyl groups excluding tert-OH is 1. The normalized spacial score (nSPS) is 10.6. The lowest BCUT2D eigenvalue weighted by molar-refractivity contribution is 0.476. The molecule has 0 saturated heterocycles. The highest BCUT2D eigenvalue weighted by Crippen LogP contribution is 2.07. The van der Waals surface area contributed by atoms with Crippen LogP contribution in [0.4, 0.5) is 0 Å². The first-order chi connectivity index (χ1) is 5.38. The van der Waals surface area contributed by atoms with Gasteiger partial charge in [0.2, 0.25) is 0 Å². The third kappa shape index (κ3) is 1.55. The van der Waals surface area contributed by atoms with Crippen molar-refractivity contribution in [2.24, 2.45) is 0 Å². The van der Waals surface area contributed by atoms with Crippen LogP contribution in [0.5, 0.6) is 0 Å². The Labute approximate surface area is 64.2 Å². The highest BCUT2D eigenvalue weighted by Gasteiger charge is 1.98. The lowest BCUT2D eigenvalue weighted by Gasteiger charge is -1.92. The Balaban J connectivity index is 3.05. The Morgan fingerprint density at radius 2 is 2.45 bits per heavy atom. The Morgan fingerprint density at radius 3 is 2.91 bits per heavy atom. The first-order valence-corrected chi connectivity index (χ1v) is 3.04. The van der Waals surface area contributed by atoms with Gasteiger partial charge in [0.05, 0.1) is 12.0 Å². The minimum atomic E-state index is 0.172. The van der Waals surface area contributed by atoms with Gasteiger partial charge in [0, 0.05) is 6.20 Å². The predicted octanol–water partition coefficient (Wildman–Crippen LogP) is 1.50. The van der Waals surface area contributed by atoms with E-state index in [1.807, 2.05) is 6.07 Å². The van der Waals surface area contributed by atoms with Gasteiger partial charge in [-0.1, -0.05) is 6.07 Å². The van der Waals surface area contributed by atoms with E-state index in [1.165, 1.54) is 0 Å². The first kappa shape index (κ1) is 7.29. The minimum absolute atomic E-state index is 0.172. The van der Waals surface area contributed by atoms with E-state index in [1.54, 1.807) is 24.4 Å². The highest BCUT2D eigenvalue weighted by atomic mass is 16.2. The molecule has 0 fully saturated rings. The average Bonchev–Trinajstić information content (AvgIpc) is 2.09. The van der Waals surface area contributed by atoms with E-state index in [4.69, 9.17) is 10.4 Å². The molecule has 54 valence electrons. The van der Waals surface area contributed by atoms with Crippen LogP contribution < -0.4 is 0 Å². The summed E-state index contributed by atoms with van der Waals surface area (Å²) in [6.07, 6.45) is 2.32. The lowest BCUT2D eigenvalue weighted by atomic mass is 10.2. The molecule has 0 unspecified atom stereocenters. The van der Waals surface area contributed by atoms with Crippen molar-refractivity contribution >= 4 is 5.57 Å². The standard InChI is InChI=1S/C8H6N2O/c9-5-7(6-11)8-3-1-2-4-10-8/h1-4,6,11H/b7-6+. The number of hydrogen-bond acceptors (Lipinski definition) is 3. The quantitative estimate of drug-likeness (QED) is 0.482. The van der Waals surface area contributed by atoms with Gasteiger partial charge < -0.3 is 5.11 Å². The van der Waals surface area contributed by atoms with Gasteiger partial charge in [-0.3, -0.25) is 4.98 Å². The topological polar surface area (TPSA) is 56.9 Å². The van der Waals surface area contributed by atoms with E-state index in [0.29, 0.717) is 5.69 Å². The third-order valence-corrected chi connectivity index (χ3v) is 1.19. The molecule has 1 aromatic rings. The van der Waals surface area contributed by atoms with Crippen molar-refractivity contribution in [1.82, 2.24) is 4.98 Å². The number of nitriles is 1. The molecule has 0 aliphatic carbocycles. The van der Waals surface area contributed by atoms with Gasteiger partial charge >= 0.3 is 0 Å². The summed E-state index contributed by atoms with van der Waals surface area (Å²) >= 11 is 0. The van der Waals surface area contributed by atoms with Crippen molar-refractivity contribution in [3.05, 3.63) is 36.4 Å². The lowest BCUT2D eigenvalue weighted by Crippen LogP contribution is -1.84. The molecular formula is C8H6N2O. The average molecular weight is 146 g/mol. The third-order valence-electron chi connectivity index (χ3n) is 1.19. The first-order valence-electron chi connectivity index (χ1n) is 3.04. The van der Waals surface area contributed by atoms with Gasteiger partial charge in [-0.25, -0.2) is 0 Å². The molecule has 1 heterocycles. The summed E-state index contributed by atoms with van der Waals surface area (Å²) in [5.74, 6) is 0. The van der Waals surface area contributed by atoms with Crippen molar-refractivity contribution in [1.29, 1.82) is 5.26 Å². The molecule has 1 rings (SSSR count). The molecule has 0 aromatic carbocycles. The van der Waals surface area contributed by atoms with E-state index in [9.17, 15) is 0 Å². The van der Waals surface area contributed by atoms with Crippen molar-refractivity contribution in [2.45, 2.75) is 0 Å². The molecule has 11 heavy (non-hydrogen) atoms. The molecule has 3 nitrogen and oxygen atoms in total. The maximum atomic E-state index is 8.55. The van der Waals surface area contributed by atoms with Crippen molar-refractivity contribution in [3.63, 3.8) is 0 Å². The molecule has 0 bridgehead atoms. The van der Waals surface area contributed by atoms with E-state index in [0.717, 1.165) is 6.26 Å². The summed E-state index contributed by atoms with van der Waals surface area (Å²) in [5, 5.41) is 17.0. The zero-order valence-electron chi connectivity index (χ0n) is 5.73. The SMILES string of the molecule is N#C/C(=C\O)c1ccccn1. The van der Waals surface area contributed by atoms with Crippen molar-refractivity contribution < 1.29 is 5.11 Å². The van der Waals surface area contributed by atoms with Gasteiger partial charge in [0.1, 0.15) is 11.6 Å². The summed E-state index contributed by atoms with van der Waals surface area (Å²) in [6, 6.07) is 6.97. The smallest absolute Gasteiger partial charge is 0.112 e. The van der Waals surface area contributed by atoms with Gasteiger partial charge in [-0.2, -0.15) is 5.26 Å². The Kier molecular flexibility index (Phi) is 2.24. The fourth-order valence-corrected chi connectivity index (χ4v) is 0.674. The molecular weight excluding hydrogens is 140 g/mol. The number of allylic oxidation sites excluding steroid dienone is 1. The van der Waals surface area contributed by atoms with Crippen LogP contribution in [-0.2, 0) is 0 Å². The summed E-state index contributed by atoms with van der Waals surface area (Å²) in [4.78, 5) is 3.87. The highest BCUT2D eigenvalue weighted by molar-refractivity contribution is 5.73. The van der Waals surface area contributed by atoms with E-state index < -0.39 is 0 Å². The van der Waals surface area contributed by atoms with Gasteiger partial charge in [-0.15, -0.1) is 0 Å². The largest absolute Gasteiger partial charge is 0.514 e. The second-order valence-corrected chi connectivity index (χ2v) is 1.87. The molecule has 0 saturated carbocycles. The molecule has 0 aliphatic rings. The van der Waals surface area contributed by atoms with Gasteiger partial charge in [0.15, 0.2) is 0 Å². The Bertz CT molecular complexity index is 298.